The van der Waals surface area contributed by atoms with E-state index in [2.05, 4.69) is 10.2 Å². The van der Waals surface area contributed by atoms with Crippen molar-refractivity contribution in [1.29, 1.82) is 0 Å². The number of aromatic nitrogens is 2. The van der Waals surface area contributed by atoms with Gasteiger partial charge >= 0.3 is 5.97 Å². The monoisotopic (exact) mass is 392 g/mol. The minimum absolute atomic E-state index is 0.136. The molecule has 0 fully saturated rings. The lowest BCUT2D eigenvalue weighted by Gasteiger charge is -2.07. The number of aryl methyl sites for hydroxylation is 1. The fourth-order valence-electron chi connectivity index (χ4n) is 2.05. The Morgan fingerprint density at radius 2 is 1.88 bits per heavy atom. The number of rotatable bonds is 6. The number of nitrogens with zero attached hydrogens (tertiary/aromatic N) is 2. The number of hydrogen-bond acceptors (Lipinski definition) is 6. The molecule has 0 unspecified atom stereocenters. The van der Waals surface area contributed by atoms with E-state index in [-0.39, 0.29) is 19.1 Å². The van der Waals surface area contributed by atoms with Gasteiger partial charge in [0.05, 0.1) is 0 Å². The minimum Gasteiger partial charge on any atom is -0.482 e. The van der Waals surface area contributed by atoms with Crippen molar-refractivity contribution in [3.05, 3.63) is 64.0 Å². The molecule has 0 bridgehead atoms. The van der Waals surface area contributed by atoms with E-state index in [9.17, 15) is 4.79 Å². The Hall–Kier alpha value is -2.57. The third kappa shape index (κ3) is 4.74. The van der Waals surface area contributed by atoms with Crippen molar-refractivity contribution in [2.75, 3.05) is 6.61 Å². The number of halogens is 2. The summed E-state index contributed by atoms with van der Waals surface area (Å²) in [5.74, 6) is 0.488. The Morgan fingerprint density at radius 1 is 1.12 bits per heavy atom. The molecule has 1 heterocycles. The maximum Gasteiger partial charge on any atom is 0.344 e. The maximum atomic E-state index is 11.8. The summed E-state index contributed by atoms with van der Waals surface area (Å²) in [5.41, 5.74) is 1.58. The summed E-state index contributed by atoms with van der Waals surface area (Å²) in [7, 11) is 0. The largest absolute Gasteiger partial charge is 0.482 e. The number of carbonyl (C=O) groups excluding carboxylic acids is 1. The maximum absolute atomic E-state index is 11.8. The fourth-order valence-corrected chi connectivity index (χ4v) is 2.30. The van der Waals surface area contributed by atoms with Gasteiger partial charge in [0.2, 0.25) is 5.89 Å². The quantitative estimate of drug-likeness (QED) is 0.575. The first-order chi connectivity index (χ1) is 12.5. The van der Waals surface area contributed by atoms with E-state index in [4.69, 9.17) is 37.1 Å². The molecule has 3 aromatic rings. The second-order valence-electron chi connectivity index (χ2n) is 5.37. The van der Waals surface area contributed by atoms with Crippen LogP contribution in [-0.4, -0.2) is 22.8 Å². The number of benzene rings is 2. The zero-order chi connectivity index (χ0) is 18.5. The molecule has 0 amide bonds. The number of hydrogen-bond donors (Lipinski definition) is 0. The van der Waals surface area contributed by atoms with Crippen LogP contribution in [0.4, 0.5) is 0 Å². The Labute approximate surface area is 159 Å². The molecule has 134 valence electrons. The average molecular weight is 393 g/mol. The number of esters is 1. The summed E-state index contributed by atoms with van der Waals surface area (Å²) in [5, 5.41) is 9.00. The summed E-state index contributed by atoms with van der Waals surface area (Å²) in [6.45, 7) is 1.48. The molecule has 8 heteroatoms. The Morgan fingerprint density at radius 3 is 2.62 bits per heavy atom. The van der Waals surface area contributed by atoms with E-state index in [1.54, 1.807) is 42.5 Å². The lowest BCUT2D eigenvalue weighted by molar-refractivity contribution is -0.148. The molecule has 0 saturated heterocycles. The van der Waals surface area contributed by atoms with Crippen LogP contribution < -0.4 is 4.74 Å². The first-order valence-corrected chi connectivity index (χ1v) is 8.40. The second kappa shape index (κ2) is 8.21. The zero-order valence-electron chi connectivity index (χ0n) is 13.7. The van der Waals surface area contributed by atoms with Crippen LogP contribution in [-0.2, 0) is 16.1 Å². The highest BCUT2D eigenvalue weighted by atomic mass is 35.5. The molecule has 0 aliphatic heterocycles. The van der Waals surface area contributed by atoms with Crippen molar-refractivity contribution in [2.45, 2.75) is 13.5 Å². The predicted octanol–water partition coefficient (Wildman–Crippen LogP) is 4.47. The molecule has 26 heavy (non-hydrogen) atoms. The molecule has 0 atom stereocenters. The van der Waals surface area contributed by atoms with E-state index >= 15 is 0 Å². The van der Waals surface area contributed by atoms with Gasteiger partial charge in [-0.2, -0.15) is 0 Å². The van der Waals surface area contributed by atoms with Crippen LogP contribution in [0.25, 0.3) is 11.5 Å². The van der Waals surface area contributed by atoms with Crippen LogP contribution in [0.1, 0.15) is 11.5 Å². The van der Waals surface area contributed by atoms with E-state index in [0.29, 0.717) is 21.7 Å². The molecule has 0 aliphatic rings. The molecule has 0 aliphatic carbocycles. The van der Waals surface area contributed by atoms with E-state index in [1.165, 1.54) is 0 Å². The van der Waals surface area contributed by atoms with Gasteiger partial charge in [0.15, 0.2) is 13.2 Å². The van der Waals surface area contributed by atoms with Crippen LogP contribution in [0.15, 0.2) is 46.9 Å². The zero-order valence-corrected chi connectivity index (χ0v) is 15.3. The Balaban J connectivity index is 1.50. The molecule has 0 saturated carbocycles. The SMILES string of the molecule is Cc1cc(OCC(=O)OCc2nnc(-c3ccc(Cl)cc3)o2)ccc1Cl. The van der Waals surface area contributed by atoms with Gasteiger partial charge in [-0.05, 0) is 55.0 Å². The van der Waals surface area contributed by atoms with Gasteiger partial charge in [-0.25, -0.2) is 4.79 Å². The van der Waals surface area contributed by atoms with Crippen LogP contribution in [0, 0.1) is 6.92 Å². The number of carbonyl (C=O) groups is 1. The molecular weight excluding hydrogens is 379 g/mol. The third-order valence-electron chi connectivity index (χ3n) is 3.40. The van der Waals surface area contributed by atoms with Gasteiger partial charge in [0.25, 0.3) is 5.89 Å². The van der Waals surface area contributed by atoms with Crippen molar-refractivity contribution < 1.29 is 18.7 Å². The average Bonchev–Trinajstić information content (AvgIpc) is 3.10. The predicted molar refractivity (Wildman–Crippen MR) is 96.2 cm³/mol. The highest BCUT2D eigenvalue weighted by Gasteiger charge is 2.12. The number of ether oxygens (including phenoxy) is 2. The lowest BCUT2D eigenvalue weighted by atomic mass is 10.2. The highest BCUT2D eigenvalue weighted by molar-refractivity contribution is 6.31. The van der Waals surface area contributed by atoms with Crippen LogP contribution in [0.5, 0.6) is 5.75 Å². The summed E-state index contributed by atoms with van der Waals surface area (Å²) in [6, 6.07) is 12.1. The fraction of sp³-hybridized carbons (Fsp3) is 0.167. The van der Waals surface area contributed by atoms with Gasteiger partial charge in [-0.1, -0.05) is 23.2 Å². The molecule has 0 N–H and O–H groups in total. The van der Waals surface area contributed by atoms with Crippen molar-refractivity contribution in [3.8, 4) is 17.2 Å². The van der Waals surface area contributed by atoms with Crippen molar-refractivity contribution >= 4 is 29.2 Å². The molecular formula is C18H14Cl2N2O4. The first kappa shape index (κ1) is 18.2. The molecule has 0 radical (unpaired) electrons. The Kier molecular flexibility index (Phi) is 5.75. The summed E-state index contributed by atoms with van der Waals surface area (Å²) in [4.78, 5) is 11.8. The van der Waals surface area contributed by atoms with Crippen molar-refractivity contribution in [3.63, 3.8) is 0 Å². The first-order valence-electron chi connectivity index (χ1n) is 7.64. The molecule has 0 spiro atoms. The van der Waals surface area contributed by atoms with E-state index in [0.717, 1.165) is 11.1 Å². The topological polar surface area (TPSA) is 74.5 Å². The van der Waals surface area contributed by atoms with E-state index in [1.807, 2.05) is 6.92 Å². The van der Waals surface area contributed by atoms with Crippen LogP contribution >= 0.6 is 23.2 Å². The van der Waals surface area contributed by atoms with Crippen LogP contribution in [0.2, 0.25) is 10.0 Å². The minimum atomic E-state index is -0.552. The smallest absolute Gasteiger partial charge is 0.344 e. The Bertz CT molecular complexity index is 910. The van der Waals surface area contributed by atoms with Crippen LogP contribution in [0.3, 0.4) is 0 Å². The highest BCUT2D eigenvalue weighted by Crippen LogP contribution is 2.22. The molecule has 2 aromatic carbocycles. The third-order valence-corrected chi connectivity index (χ3v) is 4.08. The van der Waals surface area contributed by atoms with Gasteiger partial charge in [0, 0.05) is 15.6 Å². The second-order valence-corrected chi connectivity index (χ2v) is 6.21. The normalized spacial score (nSPS) is 10.6. The van der Waals surface area contributed by atoms with Gasteiger partial charge in [-0.3, -0.25) is 0 Å². The lowest BCUT2D eigenvalue weighted by Crippen LogP contribution is -2.14. The summed E-state index contributed by atoms with van der Waals surface area (Å²) in [6.07, 6.45) is 0. The summed E-state index contributed by atoms with van der Waals surface area (Å²) < 4.78 is 15.9. The molecule has 6 nitrogen and oxygen atoms in total. The van der Waals surface area contributed by atoms with E-state index < -0.39 is 5.97 Å². The van der Waals surface area contributed by atoms with Crippen molar-refractivity contribution in [1.82, 2.24) is 10.2 Å². The van der Waals surface area contributed by atoms with Crippen molar-refractivity contribution in [2.24, 2.45) is 0 Å². The van der Waals surface area contributed by atoms with Gasteiger partial charge < -0.3 is 13.9 Å². The van der Waals surface area contributed by atoms with Gasteiger partial charge in [0.1, 0.15) is 5.75 Å². The molecule has 1 aromatic heterocycles. The van der Waals surface area contributed by atoms with Gasteiger partial charge in [-0.15, -0.1) is 10.2 Å². The molecule has 3 rings (SSSR count). The standard InChI is InChI=1S/C18H14Cl2N2O4/c1-11-8-14(6-7-15(11)20)24-10-17(23)25-9-16-21-22-18(26-16)12-2-4-13(19)5-3-12/h2-8H,9-10H2,1H3. The summed E-state index contributed by atoms with van der Waals surface area (Å²) >= 11 is 11.8.